The lowest BCUT2D eigenvalue weighted by molar-refractivity contribution is -0.134. The molecule has 0 bridgehead atoms. The second kappa shape index (κ2) is 18.3. The quantitative estimate of drug-likeness (QED) is 0.113. The lowest BCUT2D eigenvalue weighted by Crippen LogP contribution is -2.59. The molecule has 4 aliphatic rings. The first-order valence-corrected chi connectivity index (χ1v) is 22.4. The van der Waals surface area contributed by atoms with Gasteiger partial charge in [0.25, 0.3) is 11.8 Å². The number of aryl methyl sites for hydroxylation is 1. The van der Waals surface area contributed by atoms with Gasteiger partial charge in [-0.1, -0.05) is 29.5 Å². The zero-order valence-electron chi connectivity index (χ0n) is 36.9. The summed E-state index contributed by atoms with van der Waals surface area (Å²) >= 11 is 0. The largest absolute Gasteiger partial charge is 0.363 e. The number of hydrogen-bond donors (Lipinski definition) is 2. The average Bonchev–Trinajstić information content (AvgIpc) is 4.01. The molecule has 4 amide bonds. The second-order valence-corrected chi connectivity index (χ2v) is 18.0. The number of carbonyl (C=O) groups excluding carboxylic acids is 4. The maximum Gasteiger partial charge on any atom is 0.280 e. The lowest BCUT2D eigenvalue weighted by Gasteiger charge is -2.46. The molecule has 3 fully saturated rings. The number of nitrogens with one attached hydrogen (secondary N) is 2. The summed E-state index contributed by atoms with van der Waals surface area (Å²) in [6.45, 7) is 0.530. The number of alkyl halides is 2. The number of nitrogens with zero attached hydrogens (tertiary/aromatic N) is 7. The highest BCUT2D eigenvalue weighted by Crippen LogP contribution is 2.42. The van der Waals surface area contributed by atoms with E-state index in [2.05, 4.69) is 20.6 Å². The summed E-state index contributed by atoms with van der Waals surface area (Å²) in [5, 5.41) is 10.1. The van der Waals surface area contributed by atoms with Crippen LogP contribution in [0.25, 0.3) is 27.6 Å². The van der Waals surface area contributed by atoms with Crippen molar-refractivity contribution < 1.29 is 45.5 Å². The second-order valence-electron chi connectivity index (χ2n) is 18.0. The fraction of sp³-hybridized carbons (Fsp3) is 0.417. The maximum atomic E-state index is 16.6. The zero-order chi connectivity index (χ0) is 47.3. The summed E-state index contributed by atoms with van der Waals surface area (Å²) in [5.74, 6) is -9.77. The molecule has 0 aliphatic carbocycles. The molecule has 13 nitrogen and oxygen atoms in total. The van der Waals surface area contributed by atoms with Crippen LogP contribution >= 0.6 is 0 Å². The Morgan fingerprint density at radius 2 is 1.67 bits per heavy atom. The van der Waals surface area contributed by atoms with Gasteiger partial charge in [-0.25, -0.2) is 26.3 Å². The maximum absolute atomic E-state index is 16.6. The van der Waals surface area contributed by atoms with Crippen molar-refractivity contribution in [3.05, 3.63) is 107 Å². The molecular formula is C48H49F6N9O4. The van der Waals surface area contributed by atoms with Crippen molar-refractivity contribution in [3.8, 4) is 11.1 Å². The van der Waals surface area contributed by atoms with Gasteiger partial charge in [-0.2, -0.15) is 0 Å². The number of hydrogen-bond acceptors (Lipinski definition) is 8. The van der Waals surface area contributed by atoms with Gasteiger partial charge in [0, 0.05) is 69.3 Å². The molecule has 0 radical (unpaired) electrons. The van der Waals surface area contributed by atoms with Crippen LogP contribution in [0, 0.1) is 23.3 Å². The number of carbonyl (C=O) groups is 4. The van der Waals surface area contributed by atoms with Crippen molar-refractivity contribution in [1.29, 1.82) is 0 Å². The van der Waals surface area contributed by atoms with E-state index in [-0.39, 0.29) is 115 Å². The highest BCUT2D eigenvalue weighted by atomic mass is 19.3. The van der Waals surface area contributed by atoms with E-state index in [9.17, 15) is 19.2 Å². The number of aromatic nitrogens is 4. The summed E-state index contributed by atoms with van der Waals surface area (Å²) in [6, 6.07) is 8.66. The number of imide groups is 1. The third-order valence-corrected chi connectivity index (χ3v) is 13.7. The van der Waals surface area contributed by atoms with Gasteiger partial charge in [-0.15, -0.1) is 5.10 Å². The third-order valence-electron chi connectivity index (χ3n) is 13.7. The van der Waals surface area contributed by atoms with E-state index >= 15 is 26.3 Å². The predicted octanol–water partition coefficient (Wildman–Crippen LogP) is 7.00. The molecule has 4 aliphatic heterocycles. The van der Waals surface area contributed by atoms with Gasteiger partial charge in [0.15, 0.2) is 17.5 Å². The summed E-state index contributed by atoms with van der Waals surface area (Å²) in [7, 11) is 3.06. The van der Waals surface area contributed by atoms with Gasteiger partial charge in [-0.3, -0.25) is 34.1 Å². The molecule has 0 spiro atoms. The first kappa shape index (κ1) is 45.6. The Morgan fingerprint density at radius 3 is 2.37 bits per heavy atom. The number of benzene rings is 3. The third kappa shape index (κ3) is 8.92. The molecule has 2 atom stereocenters. The fourth-order valence-electron chi connectivity index (χ4n) is 10.1. The Kier molecular flexibility index (Phi) is 12.5. The molecule has 9 rings (SSSR count). The molecule has 2 aromatic heterocycles. The standard InChI is InChI=1S/C48H49F6N9O4/c1-59(2)47(67)37-24-35-34(23-33(44(52)45(35)56-37)29-4-3-16-61(25-29)41(65)14-20-63-21-15-55-58-63)32-7-6-30(42(50)43(32)51)27-11-17-60(18-12-27)39-13-19-62(26-48(39,53)54)38-9-5-28(22-36(38)49)31-8-10-40(64)57-46(31)66/h4-7,9,15,21-24,27,31,39,56H,3,8,10-14,16-20,25-26H2,1-2H3,(H,57,64,66)/t31?,39-/m0/s1. The molecule has 352 valence electrons. The summed E-state index contributed by atoms with van der Waals surface area (Å²) in [6.07, 6.45) is 6.41. The molecule has 6 heterocycles. The molecule has 5 aromatic rings. The monoisotopic (exact) mass is 929 g/mol. The SMILES string of the molecule is CN(C)C(=O)c1cc2c(-c3ccc(C4CCN([C@H]5CCN(c6ccc(C7CCC(=O)NC7=O)cc6F)CC5(F)F)CC4)c(F)c3F)cc(C3=CCCN(C(=O)CCn4ccnn4)C3)c(F)c2[nH]1. The minimum absolute atomic E-state index is 0.00830. The Labute approximate surface area is 381 Å². The summed E-state index contributed by atoms with van der Waals surface area (Å²) in [5.41, 5.74) is 0.885. The van der Waals surface area contributed by atoms with E-state index in [1.807, 2.05) is 0 Å². The van der Waals surface area contributed by atoms with Gasteiger partial charge in [0.2, 0.25) is 17.7 Å². The van der Waals surface area contributed by atoms with Crippen molar-refractivity contribution in [2.45, 2.75) is 75.3 Å². The van der Waals surface area contributed by atoms with Crippen LogP contribution in [-0.2, 0) is 20.9 Å². The van der Waals surface area contributed by atoms with Gasteiger partial charge >= 0.3 is 0 Å². The number of anilines is 1. The van der Waals surface area contributed by atoms with Gasteiger partial charge in [0.1, 0.15) is 11.5 Å². The number of likely N-dealkylation sites (tertiary alicyclic amines) is 1. The first-order chi connectivity index (χ1) is 32.1. The van der Waals surface area contributed by atoms with Crippen molar-refractivity contribution in [1.82, 2.24) is 40.0 Å². The Balaban J connectivity index is 0.912. The van der Waals surface area contributed by atoms with Crippen LogP contribution in [-0.4, -0.2) is 124 Å². The lowest BCUT2D eigenvalue weighted by atomic mass is 9.85. The molecule has 3 saturated heterocycles. The van der Waals surface area contributed by atoms with Crippen molar-refractivity contribution in [3.63, 3.8) is 0 Å². The summed E-state index contributed by atoms with van der Waals surface area (Å²) in [4.78, 5) is 58.9. The van der Waals surface area contributed by atoms with Crippen molar-refractivity contribution in [2.75, 3.05) is 58.3 Å². The van der Waals surface area contributed by atoms with E-state index < -0.39 is 71.3 Å². The molecular weight excluding hydrogens is 881 g/mol. The van der Waals surface area contributed by atoms with Gasteiger partial charge in [-0.05, 0) is 97.6 Å². The van der Waals surface area contributed by atoms with E-state index in [1.165, 1.54) is 77.2 Å². The number of fused-ring (bicyclic) bond motifs is 1. The van der Waals surface area contributed by atoms with E-state index in [1.54, 1.807) is 22.1 Å². The fourth-order valence-corrected chi connectivity index (χ4v) is 10.1. The van der Waals surface area contributed by atoms with E-state index in [4.69, 9.17) is 0 Å². The smallest absolute Gasteiger partial charge is 0.280 e. The number of halogens is 6. The minimum Gasteiger partial charge on any atom is -0.363 e. The molecule has 0 saturated carbocycles. The molecule has 3 aromatic carbocycles. The molecule has 1 unspecified atom stereocenters. The molecule has 2 N–H and O–H groups in total. The van der Waals surface area contributed by atoms with Crippen molar-refractivity contribution >= 4 is 45.8 Å². The van der Waals surface area contributed by atoms with E-state index in [0.29, 0.717) is 30.6 Å². The number of amides is 4. The van der Waals surface area contributed by atoms with Gasteiger partial charge in [0.05, 0.1) is 42.5 Å². The summed E-state index contributed by atoms with van der Waals surface area (Å²) < 4.78 is 98.5. The predicted molar refractivity (Wildman–Crippen MR) is 236 cm³/mol. The Hall–Kier alpha value is -6.50. The number of H-pyrrole nitrogens is 1. The Bertz CT molecular complexity index is 2780. The normalized spacial score (nSPS) is 20.6. The highest BCUT2D eigenvalue weighted by Gasteiger charge is 2.48. The van der Waals surface area contributed by atoms with Crippen LogP contribution in [0.2, 0.25) is 0 Å². The van der Waals surface area contributed by atoms with Crippen molar-refractivity contribution in [2.24, 2.45) is 0 Å². The highest BCUT2D eigenvalue weighted by molar-refractivity contribution is 6.05. The molecule has 19 heteroatoms. The zero-order valence-corrected chi connectivity index (χ0v) is 36.9. The van der Waals surface area contributed by atoms with Crippen LogP contribution in [0.4, 0.5) is 32.0 Å². The minimum atomic E-state index is -3.24. The van der Waals surface area contributed by atoms with Crippen LogP contribution in [0.3, 0.4) is 0 Å². The van der Waals surface area contributed by atoms with Crippen LogP contribution in [0.1, 0.15) is 84.0 Å². The molecule has 67 heavy (non-hydrogen) atoms. The number of piperidine rings is 3. The number of aromatic amines is 1. The van der Waals surface area contributed by atoms with Crippen LogP contribution in [0.15, 0.2) is 60.9 Å². The topological polar surface area (TPSA) is 140 Å². The Morgan fingerprint density at radius 1 is 0.881 bits per heavy atom. The average molecular weight is 930 g/mol. The number of rotatable bonds is 10. The van der Waals surface area contributed by atoms with Crippen LogP contribution in [0.5, 0.6) is 0 Å². The van der Waals surface area contributed by atoms with E-state index in [0.717, 1.165) is 0 Å². The first-order valence-electron chi connectivity index (χ1n) is 22.4. The van der Waals surface area contributed by atoms with Crippen LogP contribution < -0.4 is 10.2 Å². The van der Waals surface area contributed by atoms with Gasteiger partial charge < -0.3 is 19.7 Å².